The van der Waals surface area contributed by atoms with Crippen molar-refractivity contribution >= 4 is 40.1 Å². The number of amides is 2. The van der Waals surface area contributed by atoms with E-state index in [4.69, 9.17) is 14.5 Å². The summed E-state index contributed by atoms with van der Waals surface area (Å²) in [7, 11) is 1.60. The number of fused-ring (bicyclic) bond motifs is 1. The molecule has 5 rings (SSSR count). The number of benzene rings is 3. The number of rotatable bonds is 24. The largest absolute Gasteiger partial charge is 0.497 e. The highest BCUT2D eigenvalue weighted by molar-refractivity contribution is 6.12. The summed E-state index contributed by atoms with van der Waals surface area (Å²) in [5.41, 5.74) is 6.58. The Morgan fingerprint density at radius 1 is 0.815 bits per heavy atom. The van der Waals surface area contributed by atoms with Gasteiger partial charge in [-0.2, -0.15) is 0 Å². The lowest BCUT2D eigenvalue weighted by atomic mass is 10.0. The summed E-state index contributed by atoms with van der Waals surface area (Å²) in [6, 6.07) is 19.4. The van der Waals surface area contributed by atoms with E-state index in [9.17, 15) is 9.59 Å². The van der Waals surface area contributed by atoms with Crippen molar-refractivity contribution in [3.63, 3.8) is 0 Å². The van der Waals surface area contributed by atoms with Crippen LogP contribution in [0.2, 0.25) is 0 Å². The molecule has 1 atom stereocenters. The maximum absolute atomic E-state index is 13.9. The van der Waals surface area contributed by atoms with Gasteiger partial charge in [0.2, 0.25) is 5.91 Å². The van der Waals surface area contributed by atoms with Crippen LogP contribution in [0.1, 0.15) is 121 Å². The maximum atomic E-state index is 13.9. The van der Waals surface area contributed by atoms with E-state index in [1.807, 2.05) is 49.4 Å². The van der Waals surface area contributed by atoms with Gasteiger partial charge in [-0.3, -0.25) is 15.0 Å². The lowest BCUT2D eigenvalue weighted by Gasteiger charge is -2.17. The molecule has 1 fully saturated rings. The Bertz CT molecular complexity index is 1790. The molecule has 2 heterocycles. The smallest absolute Gasteiger partial charge is 0.274 e. The van der Waals surface area contributed by atoms with E-state index in [1.54, 1.807) is 36.1 Å². The summed E-state index contributed by atoms with van der Waals surface area (Å²) in [6.07, 6.45) is 21.1. The zero-order valence-electron chi connectivity index (χ0n) is 32.5. The quantitative estimate of drug-likeness (QED) is 0.0687. The third kappa shape index (κ3) is 11.8. The fraction of sp³-hybridized carbons (Fsp3) is 0.512. The monoisotopic (exact) mass is 737 g/mol. The van der Waals surface area contributed by atoms with E-state index in [2.05, 4.69) is 28.0 Å². The number of carbonyl (C=O) groups excluding carboxylic acids is 2. The number of amidine groups is 1. The minimum Gasteiger partial charge on any atom is -0.497 e. The summed E-state index contributed by atoms with van der Waals surface area (Å²) >= 11 is 0. The van der Waals surface area contributed by atoms with Gasteiger partial charge >= 0.3 is 0 Å². The SMILES string of the molecule is CCCCCCCCCCCCCCCCCCOc1ccccc1NC(=O)CN1NC(=Nc2ccc(OC)cc2)C(n2nnc3c(C)cccc32)C1=O. The van der Waals surface area contributed by atoms with Crippen molar-refractivity contribution < 1.29 is 19.1 Å². The van der Waals surface area contributed by atoms with Crippen LogP contribution < -0.4 is 20.2 Å². The number of nitrogens with one attached hydrogen (secondary N) is 2. The highest BCUT2D eigenvalue weighted by Crippen LogP contribution is 2.28. The van der Waals surface area contributed by atoms with Crippen LogP contribution in [0.25, 0.3) is 11.0 Å². The van der Waals surface area contributed by atoms with Gasteiger partial charge < -0.3 is 14.8 Å². The second kappa shape index (κ2) is 21.7. The summed E-state index contributed by atoms with van der Waals surface area (Å²) in [4.78, 5) is 32.1. The van der Waals surface area contributed by atoms with Crippen LogP contribution in [0, 0.1) is 6.92 Å². The number of ether oxygens (including phenoxy) is 2. The van der Waals surface area contributed by atoms with Gasteiger partial charge in [-0.1, -0.05) is 133 Å². The van der Waals surface area contributed by atoms with Crippen molar-refractivity contribution in [2.75, 3.05) is 25.6 Å². The minimum atomic E-state index is -0.943. The first-order valence-corrected chi connectivity index (χ1v) is 20.1. The minimum absolute atomic E-state index is 0.254. The average Bonchev–Trinajstić information content (AvgIpc) is 3.74. The van der Waals surface area contributed by atoms with Crippen LogP contribution in [-0.4, -0.2) is 57.9 Å². The maximum Gasteiger partial charge on any atom is 0.274 e. The Morgan fingerprint density at radius 2 is 1.44 bits per heavy atom. The van der Waals surface area contributed by atoms with E-state index < -0.39 is 6.04 Å². The van der Waals surface area contributed by atoms with Crippen LogP contribution in [0.4, 0.5) is 11.4 Å². The molecule has 0 saturated carbocycles. The Hall–Kier alpha value is -4.93. The molecule has 1 aromatic heterocycles. The number of hydrogen-bond acceptors (Lipinski definition) is 7. The predicted octanol–water partition coefficient (Wildman–Crippen LogP) is 9.65. The number of aromatic nitrogens is 3. The van der Waals surface area contributed by atoms with Crippen LogP contribution in [0.5, 0.6) is 11.5 Å². The molecule has 3 aromatic carbocycles. The van der Waals surface area contributed by atoms with Gasteiger partial charge in [0.1, 0.15) is 23.6 Å². The first-order chi connectivity index (χ1) is 26.5. The molecule has 2 amide bonds. The van der Waals surface area contributed by atoms with E-state index >= 15 is 0 Å². The standard InChI is InChI=1S/C43H59N7O4/c1-4-5-6-7-8-9-10-11-12-13-14-15-16-17-18-21-31-54-38-26-20-19-24-36(38)45-39(51)32-49-43(52)41(50-37-25-22-23-33(2)40(37)46-48-50)42(47-49)44-34-27-29-35(53-3)30-28-34/h19-20,22-30,41H,4-18,21,31-32H2,1-3H3,(H,44,47)(H,45,51). The summed E-state index contributed by atoms with van der Waals surface area (Å²) < 4.78 is 12.9. The topological polar surface area (TPSA) is 123 Å². The second-order valence-electron chi connectivity index (χ2n) is 14.3. The number of unbranched alkanes of at least 4 members (excludes halogenated alkanes) is 15. The predicted molar refractivity (Wildman–Crippen MR) is 216 cm³/mol. The molecule has 0 aliphatic carbocycles. The molecular weight excluding hydrogens is 679 g/mol. The van der Waals surface area contributed by atoms with Gasteiger partial charge in [0.15, 0.2) is 11.9 Å². The van der Waals surface area contributed by atoms with Crippen molar-refractivity contribution in [2.45, 2.75) is 123 Å². The van der Waals surface area contributed by atoms with Gasteiger partial charge in [0.25, 0.3) is 5.91 Å². The zero-order valence-corrected chi connectivity index (χ0v) is 32.5. The van der Waals surface area contributed by atoms with Crippen molar-refractivity contribution in [3.05, 3.63) is 72.3 Å². The molecule has 1 aliphatic heterocycles. The number of carbonyl (C=O) groups is 2. The molecule has 54 heavy (non-hydrogen) atoms. The highest BCUT2D eigenvalue weighted by atomic mass is 16.5. The molecule has 11 nitrogen and oxygen atoms in total. The van der Waals surface area contributed by atoms with E-state index in [1.165, 1.54) is 94.9 Å². The fourth-order valence-corrected chi connectivity index (χ4v) is 6.89. The van der Waals surface area contributed by atoms with Crippen LogP contribution in [0.3, 0.4) is 0 Å². The number of aryl methyl sites for hydroxylation is 1. The Labute approximate surface area is 320 Å². The zero-order chi connectivity index (χ0) is 38.0. The summed E-state index contributed by atoms with van der Waals surface area (Å²) in [5, 5.41) is 12.9. The molecule has 1 saturated heterocycles. The molecule has 4 aromatic rings. The first kappa shape index (κ1) is 40.3. The second-order valence-corrected chi connectivity index (χ2v) is 14.3. The summed E-state index contributed by atoms with van der Waals surface area (Å²) in [5.74, 6) is 0.874. The third-order valence-corrected chi connectivity index (χ3v) is 10.00. The normalized spacial score (nSPS) is 14.9. The van der Waals surface area contributed by atoms with Gasteiger partial charge in [-0.25, -0.2) is 14.7 Å². The number of anilines is 1. The molecule has 1 aliphatic rings. The highest BCUT2D eigenvalue weighted by Gasteiger charge is 2.41. The third-order valence-electron chi connectivity index (χ3n) is 10.00. The molecule has 2 N–H and O–H groups in total. The fourth-order valence-electron chi connectivity index (χ4n) is 6.89. The van der Waals surface area contributed by atoms with Gasteiger partial charge in [-0.15, -0.1) is 5.10 Å². The van der Waals surface area contributed by atoms with Crippen molar-refractivity contribution in [2.24, 2.45) is 4.99 Å². The van der Waals surface area contributed by atoms with E-state index in [0.29, 0.717) is 46.3 Å². The molecule has 1 unspecified atom stereocenters. The van der Waals surface area contributed by atoms with Crippen molar-refractivity contribution in [1.29, 1.82) is 0 Å². The Balaban J connectivity index is 1.07. The van der Waals surface area contributed by atoms with Crippen LogP contribution in [-0.2, 0) is 9.59 Å². The molecule has 0 radical (unpaired) electrons. The molecule has 290 valence electrons. The molecule has 11 heteroatoms. The van der Waals surface area contributed by atoms with Crippen molar-refractivity contribution in [3.8, 4) is 11.5 Å². The molecule has 0 spiro atoms. The van der Waals surface area contributed by atoms with E-state index in [0.717, 1.165) is 18.4 Å². The van der Waals surface area contributed by atoms with Gasteiger partial charge in [0, 0.05) is 0 Å². The molecular formula is C43H59N7O4. The average molecular weight is 738 g/mol. The lowest BCUT2D eigenvalue weighted by molar-refractivity contribution is -0.135. The number of hydrazine groups is 1. The Morgan fingerprint density at radius 3 is 2.09 bits per heavy atom. The number of aliphatic imine (C=N–C) groups is 1. The van der Waals surface area contributed by atoms with E-state index in [-0.39, 0.29) is 18.4 Å². The first-order valence-electron chi connectivity index (χ1n) is 20.1. The van der Waals surface area contributed by atoms with Crippen molar-refractivity contribution in [1.82, 2.24) is 25.4 Å². The lowest BCUT2D eigenvalue weighted by Crippen LogP contribution is -2.41. The van der Waals surface area contributed by atoms with Crippen LogP contribution >= 0.6 is 0 Å². The number of methoxy groups -OCH3 is 1. The van der Waals surface area contributed by atoms with Gasteiger partial charge in [-0.05, 0) is 61.4 Å². The number of hydrogen-bond donors (Lipinski definition) is 2. The number of nitrogens with zero attached hydrogens (tertiary/aromatic N) is 5. The number of para-hydroxylation sites is 2. The van der Waals surface area contributed by atoms with Gasteiger partial charge in [0.05, 0.1) is 30.6 Å². The molecule has 0 bridgehead atoms. The summed E-state index contributed by atoms with van der Waals surface area (Å²) in [6.45, 7) is 4.55. The Kier molecular flexibility index (Phi) is 16.2. The van der Waals surface area contributed by atoms with Crippen LogP contribution in [0.15, 0.2) is 71.7 Å².